The maximum atomic E-state index is 11.9. The molecule has 0 aliphatic rings. The van der Waals surface area contributed by atoms with E-state index in [0.717, 1.165) is 0 Å². The van der Waals surface area contributed by atoms with Crippen LogP contribution in [-0.2, 0) is 4.79 Å². The van der Waals surface area contributed by atoms with E-state index in [1.807, 2.05) is 0 Å². The third kappa shape index (κ3) is 4.24. The number of aliphatic hydroxyl groups excluding tert-OH is 1. The van der Waals surface area contributed by atoms with Crippen molar-refractivity contribution in [2.75, 3.05) is 14.2 Å². The molecule has 6 nitrogen and oxygen atoms in total. The normalized spacial score (nSPS) is 12.0. The fourth-order valence-corrected chi connectivity index (χ4v) is 2.25. The Labute approximate surface area is 144 Å². The monoisotopic (exact) mass is 348 g/mol. The van der Waals surface area contributed by atoms with E-state index in [-0.39, 0.29) is 0 Å². The number of benzene rings is 2. The molecule has 0 unspecified atom stereocenters. The highest BCUT2D eigenvalue weighted by atomic mass is 35.5. The van der Waals surface area contributed by atoms with Crippen LogP contribution in [0.15, 0.2) is 47.6 Å². The fourth-order valence-electron chi connectivity index (χ4n) is 2.00. The number of ether oxygens (including phenoxy) is 2. The van der Waals surface area contributed by atoms with E-state index in [2.05, 4.69) is 10.5 Å². The van der Waals surface area contributed by atoms with Gasteiger partial charge >= 0.3 is 0 Å². The van der Waals surface area contributed by atoms with E-state index in [9.17, 15) is 9.90 Å². The van der Waals surface area contributed by atoms with Crippen LogP contribution in [0, 0.1) is 0 Å². The Morgan fingerprint density at radius 1 is 1.21 bits per heavy atom. The summed E-state index contributed by atoms with van der Waals surface area (Å²) in [6.07, 6.45) is 0.0736. The minimum atomic E-state index is -1.30. The number of hydrogen-bond acceptors (Lipinski definition) is 5. The molecule has 126 valence electrons. The molecular weight excluding hydrogens is 332 g/mol. The van der Waals surface area contributed by atoms with E-state index in [4.69, 9.17) is 21.1 Å². The molecule has 0 heterocycles. The second kappa shape index (κ2) is 8.33. The zero-order valence-electron chi connectivity index (χ0n) is 13.2. The summed E-state index contributed by atoms with van der Waals surface area (Å²) < 4.78 is 10.3. The van der Waals surface area contributed by atoms with E-state index < -0.39 is 12.0 Å². The van der Waals surface area contributed by atoms with E-state index in [0.29, 0.717) is 27.6 Å². The van der Waals surface area contributed by atoms with Crippen molar-refractivity contribution in [1.29, 1.82) is 0 Å². The van der Waals surface area contributed by atoms with Crippen molar-refractivity contribution in [3.05, 3.63) is 58.6 Å². The van der Waals surface area contributed by atoms with Crippen molar-refractivity contribution in [3.8, 4) is 11.5 Å². The third-order valence-corrected chi connectivity index (χ3v) is 3.54. The van der Waals surface area contributed by atoms with Gasteiger partial charge in [0.2, 0.25) is 0 Å². The summed E-state index contributed by atoms with van der Waals surface area (Å²) >= 11 is 6.06. The number of hydrogen-bond donors (Lipinski definition) is 2. The van der Waals surface area contributed by atoms with Gasteiger partial charge in [-0.3, -0.25) is 4.79 Å². The van der Waals surface area contributed by atoms with Gasteiger partial charge in [0.15, 0.2) is 6.10 Å². The summed E-state index contributed by atoms with van der Waals surface area (Å²) in [4.78, 5) is 11.9. The highest BCUT2D eigenvalue weighted by Crippen LogP contribution is 2.31. The molecule has 2 aromatic carbocycles. The summed E-state index contributed by atoms with van der Waals surface area (Å²) in [5, 5.41) is 14.2. The van der Waals surface area contributed by atoms with Crippen molar-refractivity contribution in [2.24, 2.45) is 5.10 Å². The predicted molar refractivity (Wildman–Crippen MR) is 91.7 cm³/mol. The minimum absolute atomic E-state index is 0.385. The van der Waals surface area contributed by atoms with Gasteiger partial charge in [0, 0.05) is 11.6 Å². The van der Waals surface area contributed by atoms with E-state index in [1.165, 1.54) is 20.4 Å². The number of aliphatic hydroxyl groups is 1. The van der Waals surface area contributed by atoms with Gasteiger partial charge in [-0.1, -0.05) is 41.9 Å². The Hall–Kier alpha value is -2.57. The Kier molecular flexibility index (Phi) is 6.17. The molecule has 0 aliphatic heterocycles. The fraction of sp³-hybridized carbons (Fsp3) is 0.176. The van der Waals surface area contributed by atoms with E-state index >= 15 is 0 Å². The number of hydrazone groups is 1. The maximum absolute atomic E-state index is 11.9. The largest absolute Gasteiger partial charge is 0.496 e. The molecule has 0 aromatic heterocycles. The number of rotatable bonds is 6. The average molecular weight is 349 g/mol. The first kappa shape index (κ1) is 17.8. The van der Waals surface area contributed by atoms with Gasteiger partial charge in [-0.15, -0.1) is 0 Å². The molecule has 24 heavy (non-hydrogen) atoms. The predicted octanol–water partition coefficient (Wildman–Crippen LogP) is 2.54. The van der Waals surface area contributed by atoms with Crippen molar-refractivity contribution in [2.45, 2.75) is 6.10 Å². The quantitative estimate of drug-likeness (QED) is 0.621. The van der Waals surface area contributed by atoms with Gasteiger partial charge in [-0.05, 0) is 11.6 Å². The molecule has 1 atom stereocenters. The van der Waals surface area contributed by atoms with Crippen LogP contribution >= 0.6 is 11.6 Å². The van der Waals surface area contributed by atoms with Crippen LogP contribution in [-0.4, -0.2) is 31.4 Å². The van der Waals surface area contributed by atoms with Gasteiger partial charge in [0.25, 0.3) is 5.91 Å². The first-order valence-electron chi connectivity index (χ1n) is 7.04. The standard InChI is InChI=1S/C17H17ClN2O4/c1-23-14-9-15(24-2)13(18)8-12(14)10-19-20-17(22)16(21)11-6-4-3-5-7-11/h3-10,16,21H,1-2H3,(H,20,22)/b19-10-/t16-/m0/s1. The zero-order chi connectivity index (χ0) is 17.5. The molecule has 2 aromatic rings. The average Bonchev–Trinajstić information content (AvgIpc) is 2.62. The molecule has 0 saturated heterocycles. The lowest BCUT2D eigenvalue weighted by molar-refractivity contribution is -0.129. The Balaban J connectivity index is 2.09. The van der Waals surface area contributed by atoms with Crippen LogP contribution in [0.5, 0.6) is 11.5 Å². The van der Waals surface area contributed by atoms with Gasteiger partial charge in [-0.25, -0.2) is 5.43 Å². The Bertz CT molecular complexity index is 735. The number of nitrogens with one attached hydrogen (secondary N) is 1. The molecule has 0 saturated carbocycles. The number of halogens is 1. The topological polar surface area (TPSA) is 80.2 Å². The summed E-state index contributed by atoms with van der Waals surface area (Å²) in [6.45, 7) is 0. The smallest absolute Gasteiger partial charge is 0.273 e. The van der Waals surface area contributed by atoms with Crippen LogP contribution in [0.4, 0.5) is 0 Å². The molecule has 2 rings (SSSR count). The number of nitrogens with zero attached hydrogens (tertiary/aromatic N) is 1. The molecule has 0 aliphatic carbocycles. The first-order valence-corrected chi connectivity index (χ1v) is 7.42. The Morgan fingerprint density at radius 3 is 2.50 bits per heavy atom. The maximum Gasteiger partial charge on any atom is 0.273 e. The molecule has 0 spiro atoms. The van der Waals surface area contributed by atoms with Crippen LogP contribution in [0.2, 0.25) is 5.02 Å². The molecule has 1 amide bonds. The number of carbonyl (C=O) groups is 1. The Morgan fingerprint density at radius 2 is 1.88 bits per heavy atom. The van der Waals surface area contributed by atoms with Gasteiger partial charge in [-0.2, -0.15) is 5.10 Å². The second-order valence-corrected chi connectivity index (χ2v) is 5.18. The summed E-state index contributed by atoms with van der Waals surface area (Å²) in [7, 11) is 3.00. The van der Waals surface area contributed by atoms with Crippen molar-refractivity contribution in [1.82, 2.24) is 5.43 Å². The van der Waals surface area contributed by atoms with Crippen LogP contribution in [0.25, 0.3) is 0 Å². The minimum Gasteiger partial charge on any atom is -0.496 e. The lowest BCUT2D eigenvalue weighted by atomic mass is 10.1. The van der Waals surface area contributed by atoms with Crippen molar-refractivity contribution >= 4 is 23.7 Å². The molecule has 0 bridgehead atoms. The van der Waals surface area contributed by atoms with Crippen LogP contribution in [0.1, 0.15) is 17.2 Å². The molecule has 7 heteroatoms. The second-order valence-electron chi connectivity index (χ2n) is 4.78. The van der Waals surface area contributed by atoms with Gasteiger partial charge in [0.05, 0.1) is 25.5 Å². The van der Waals surface area contributed by atoms with Gasteiger partial charge in [0.1, 0.15) is 11.5 Å². The zero-order valence-corrected chi connectivity index (χ0v) is 13.9. The lowest BCUT2D eigenvalue weighted by Crippen LogP contribution is -2.25. The summed E-state index contributed by atoms with van der Waals surface area (Å²) in [5.41, 5.74) is 3.31. The molecular formula is C17H17ClN2O4. The summed E-state index contributed by atoms with van der Waals surface area (Å²) in [6, 6.07) is 11.8. The molecule has 2 N–H and O–H groups in total. The number of carbonyl (C=O) groups excluding carboxylic acids is 1. The van der Waals surface area contributed by atoms with E-state index in [1.54, 1.807) is 42.5 Å². The number of methoxy groups -OCH3 is 2. The van der Waals surface area contributed by atoms with Crippen LogP contribution < -0.4 is 14.9 Å². The first-order chi connectivity index (χ1) is 11.6. The third-order valence-electron chi connectivity index (χ3n) is 3.25. The molecule has 0 fully saturated rings. The number of amides is 1. The van der Waals surface area contributed by atoms with Crippen molar-refractivity contribution in [3.63, 3.8) is 0 Å². The molecule has 0 radical (unpaired) electrons. The lowest BCUT2D eigenvalue weighted by Gasteiger charge is -2.10. The SMILES string of the molecule is COc1cc(OC)c(/C=N\NC(=O)[C@@H](O)c2ccccc2)cc1Cl. The van der Waals surface area contributed by atoms with Crippen LogP contribution in [0.3, 0.4) is 0 Å². The van der Waals surface area contributed by atoms with Crippen molar-refractivity contribution < 1.29 is 19.4 Å². The highest BCUT2D eigenvalue weighted by Gasteiger charge is 2.16. The van der Waals surface area contributed by atoms with Gasteiger partial charge < -0.3 is 14.6 Å². The highest BCUT2D eigenvalue weighted by molar-refractivity contribution is 6.32. The summed E-state index contributed by atoms with van der Waals surface area (Å²) in [5.74, 6) is 0.308.